The molecule has 2 aromatic rings. The quantitative estimate of drug-likeness (QED) is 0.630. The van der Waals surface area contributed by atoms with Gasteiger partial charge in [0.2, 0.25) is 0 Å². The highest BCUT2D eigenvalue weighted by Crippen LogP contribution is 2.28. The van der Waals surface area contributed by atoms with Gasteiger partial charge in [0.1, 0.15) is 11.3 Å². The molecule has 2 N–H and O–H groups in total. The zero-order valence-corrected chi connectivity index (χ0v) is 13.3. The number of nitrogens with one attached hydrogen (secondary N) is 1. The number of hydrogen-bond donors (Lipinski definition) is 2. The molecule has 0 spiro atoms. The first-order valence-electron chi connectivity index (χ1n) is 6.95. The zero-order valence-electron chi connectivity index (χ0n) is 13.3. The van der Waals surface area contributed by atoms with Crippen LogP contribution in [0.25, 0.3) is 0 Å². The van der Waals surface area contributed by atoms with Gasteiger partial charge in [0.25, 0.3) is 0 Å². The molecule has 0 aliphatic heterocycles. The number of carbonyl (C=O) groups is 1. The molecule has 0 aliphatic rings. The van der Waals surface area contributed by atoms with Crippen LogP contribution in [-0.2, 0) is 11.3 Å². The molecule has 0 bridgehead atoms. The van der Waals surface area contributed by atoms with E-state index >= 15 is 0 Å². The van der Waals surface area contributed by atoms with Gasteiger partial charge in [-0.2, -0.15) is 0 Å². The van der Waals surface area contributed by atoms with Crippen LogP contribution in [0.15, 0.2) is 36.4 Å². The summed E-state index contributed by atoms with van der Waals surface area (Å²) in [6.07, 6.45) is 0. The van der Waals surface area contributed by atoms with Gasteiger partial charge in [-0.15, -0.1) is 0 Å². The molecule has 0 unspecified atom stereocenters. The minimum absolute atomic E-state index is 0.116. The molecular formula is C17H19NO5. The highest BCUT2D eigenvalue weighted by atomic mass is 16.5. The number of hydrogen-bond acceptors (Lipinski definition) is 6. The maximum Gasteiger partial charge on any atom is 0.341 e. The van der Waals surface area contributed by atoms with Crippen molar-refractivity contribution < 1.29 is 24.1 Å². The Hall–Kier alpha value is -2.89. The van der Waals surface area contributed by atoms with E-state index in [4.69, 9.17) is 9.47 Å². The third-order valence-corrected chi connectivity index (χ3v) is 3.35. The second-order valence-electron chi connectivity index (χ2n) is 4.77. The summed E-state index contributed by atoms with van der Waals surface area (Å²) in [6.45, 7) is 0.520. The molecular weight excluding hydrogens is 298 g/mol. The van der Waals surface area contributed by atoms with Crippen molar-refractivity contribution >= 4 is 11.7 Å². The van der Waals surface area contributed by atoms with Crippen LogP contribution < -0.4 is 14.8 Å². The summed E-state index contributed by atoms with van der Waals surface area (Å²) >= 11 is 0. The van der Waals surface area contributed by atoms with E-state index in [2.05, 4.69) is 10.1 Å². The molecule has 6 nitrogen and oxygen atoms in total. The molecule has 0 aromatic heterocycles. The first-order valence-corrected chi connectivity index (χ1v) is 6.95. The Bertz CT molecular complexity index is 699. The molecule has 0 saturated carbocycles. The molecule has 0 amide bonds. The maximum absolute atomic E-state index is 11.6. The summed E-state index contributed by atoms with van der Waals surface area (Å²) in [6, 6.07) is 10.3. The van der Waals surface area contributed by atoms with Crippen molar-refractivity contribution in [1.82, 2.24) is 0 Å². The van der Waals surface area contributed by atoms with Crippen LogP contribution in [0.3, 0.4) is 0 Å². The van der Waals surface area contributed by atoms with Gasteiger partial charge < -0.3 is 24.6 Å². The monoisotopic (exact) mass is 317 g/mol. The van der Waals surface area contributed by atoms with Crippen molar-refractivity contribution in [2.24, 2.45) is 0 Å². The number of methoxy groups -OCH3 is 3. The molecule has 6 heteroatoms. The second kappa shape index (κ2) is 7.40. The summed E-state index contributed by atoms with van der Waals surface area (Å²) in [7, 11) is 4.43. The SMILES string of the molecule is COC(=O)c1cc(NCc2ccc(OC)c(OC)c2)ccc1O. The molecule has 0 fully saturated rings. The van der Waals surface area contributed by atoms with Gasteiger partial charge in [-0.25, -0.2) is 4.79 Å². The first-order chi connectivity index (χ1) is 11.1. The Morgan fingerprint density at radius 2 is 1.78 bits per heavy atom. The minimum atomic E-state index is -0.586. The molecule has 23 heavy (non-hydrogen) atoms. The number of phenols is 1. The first kappa shape index (κ1) is 16.5. The molecule has 0 atom stereocenters. The van der Waals surface area contributed by atoms with Crippen LogP contribution >= 0.6 is 0 Å². The predicted molar refractivity (Wildman–Crippen MR) is 86.3 cm³/mol. The van der Waals surface area contributed by atoms with Crippen molar-refractivity contribution in [1.29, 1.82) is 0 Å². The summed E-state index contributed by atoms with van der Waals surface area (Å²) in [5.74, 6) is 0.604. The summed E-state index contributed by atoms with van der Waals surface area (Å²) in [5.41, 5.74) is 1.79. The Kier molecular flexibility index (Phi) is 5.30. The largest absolute Gasteiger partial charge is 0.507 e. The third-order valence-electron chi connectivity index (χ3n) is 3.35. The fourth-order valence-corrected chi connectivity index (χ4v) is 2.11. The van der Waals surface area contributed by atoms with Crippen LogP contribution in [0.4, 0.5) is 5.69 Å². The Morgan fingerprint density at radius 3 is 2.43 bits per heavy atom. The van der Waals surface area contributed by atoms with E-state index in [0.717, 1.165) is 5.56 Å². The smallest absolute Gasteiger partial charge is 0.341 e. The van der Waals surface area contributed by atoms with Crippen molar-refractivity contribution in [3.63, 3.8) is 0 Å². The van der Waals surface area contributed by atoms with Crippen LogP contribution in [-0.4, -0.2) is 32.4 Å². The third kappa shape index (κ3) is 3.85. The maximum atomic E-state index is 11.6. The summed E-state index contributed by atoms with van der Waals surface area (Å²) in [4.78, 5) is 11.6. The van der Waals surface area contributed by atoms with Gasteiger partial charge in [-0.1, -0.05) is 6.07 Å². The number of anilines is 1. The van der Waals surface area contributed by atoms with Crippen LogP contribution in [0.5, 0.6) is 17.2 Å². The Labute approximate surface area is 134 Å². The van der Waals surface area contributed by atoms with Gasteiger partial charge in [0.05, 0.1) is 21.3 Å². The van der Waals surface area contributed by atoms with E-state index in [1.807, 2.05) is 18.2 Å². The lowest BCUT2D eigenvalue weighted by atomic mass is 10.1. The second-order valence-corrected chi connectivity index (χ2v) is 4.77. The number of aromatic hydroxyl groups is 1. The standard InChI is InChI=1S/C17H19NO5/c1-21-15-7-4-11(8-16(15)22-2)10-18-12-5-6-14(19)13(9-12)17(20)23-3/h4-9,18-19H,10H2,1-3H3. The van der Waals surface area contributed by atoms with Crippen molar-refractivity contribution in [3.8, 4) is 17.2 Å². The van der Waals surface area contributed by atoms with Crippen LogP contribution in [0.2, 0.25) is 0 Å². The Morgan fingerprint density at radius 1 is 1.04 bits per heavy atom. The topological polar surface area (TPSA) is 77.0 Å². The molecule has 0 aliphatic carbocycles. The van der Waals surface area contributed by atoms with Crippen LogP contribution in [0, 0.1) is 0 Å². The number of ether oxygens (including phenoxy) is 3. The summed E-state index contributed by atoms with van der Waals surface area (Å²) in [5, 5.41) is 12.9. The minimum Gasteiger partial charge on any atom is -0.507 e. The molecule has 0 radical (unpaired) electrons. The predicted octanol–water partition coefficient (Wildman–Crippen LogP) is 2.81. The van der Waals surface area contributed by atoms with Gasteiger partial charge in [0.15, 0.2) is 11.5 Å². The van der Waals surface area contributed by atoms with Gasteiger partial charge >= 0.3 is 5.97 Å². The molecule has 2 rings (SSSR count). The van der Waals surface area contributed by atoms with E-state index in [1.54, 1.807) is 26.4 Å². The number of rotatable bonds is 6. The van der Waals surface area contributed by atoms with Crippen molar-refractivity contribution in [2.75, 3.05) is 26.6 Å². The van der Waals surface area contributed by atoms with Crippen molar-refractivity contribution in [3.05, 3.63) is 47.5 Å². The van der Waals surface area contributed by atoms with E-state index in [0.29, 0.717) is 23.7 Å². The lowest BCUT2D eigenvalue weighted by Gasteiger charge is -2.12. The molecule has 0 saturated heterocycles. The number of benzene rings is 2. The fourth-order valence-electron chi connectivity index (χ4n) is 2.11. The number of carbonyl (C=O) groups excluding carboxylic acids is 1. The normalized spacial score (nSPS) is 10.0. The van der Waals surface area contributed by atoms with Gasteiger partial charge in [-0.05, 0) is 35.9 Å². The zero-order chi connectivity index (χ0) is 16.8. The molecule has 122 valence electrons. The lowest BCUT2D eigenvalue weighted by molar-refractivity contribution is 0.0597. The lowest BCUT2D eigenvalue weighted by Crippen LogP contribution is -2.04. The van der Waals surface area contributed by atoms with Crippen molar-refractivity contribution in [2.45, 2.75) is 6.54 Å². The molecule has 0 heterocycles. The fraction of sp³-hybridized carbons (Fsp3) is 0.235. The number of esters is 1. The van der Waals surface area contributed by atoms with Gasteiger partial charge in [0, 0.05) is 12.2 Å². The van der Waals surface area contributed by atoms with E-state index < -0.39 is 5.97 Å². The highest BCUT2D eigenvalue weighted by Gasteiger charge is 2.12. The average Bonchev–Trinajstić information content (AvgIpc) is 2.59. The molecule has 2 aromatic carbocycles. The van der Waals surface area contributed by atoms with E-state index in [1.165, 1.54) is 13.2 Å². The van der Waals surface area contributed by atoms with E-state index in [9.17, 15) is 9.90 Å². The summed E-state index contributed by atoms with van der Waals surface area (Å²) < 4.78 is 15.1. The highest BCUT2D eigenvalue weighted by molar-refractivity contribution is 5.93. The van der Waals surface area contributed by atoms with Crippen LogP contribution in [0.1, 0.15) is 15.9 Å². The van der Waals surface area contributed by atoms with Gasteiger partial charge in [-0.3, -0.25) is 0 Å². The average molecular weight is 317 g/mol. The van der Waals surface area contributed by atoms with E-state index in [-0.39, 0.29) is 11.3 Å². The number of phenolic OH excluding ortho intramolecular Hbond substituents is 1. The Balaban J connectivity index is 2.13.